The number of carbonyl (C=O) groups excluding carboxylic acids is 1. The number of hydrogen-bond donors (Lipinski definition) is 2. The second kappa shape index (κ2) is 5.87. The van der Waals surface area contributed by atoms with E-state index in [1.165, 1.54) is 24.3 Å². The smallest absolute Gasteiger partial charge is 0.254 e. The molecule has 0 radical (unpaired) electrons. The first-order valence-corrected chi connectivity index (χ1v) is 6.19. The number of nitrogens with two attached hydrogens (primary N) is 1. The molecule has 2 aromatic rings. The van der Waals surface area contributed by atoms with Crippen LogP contribution in [0.1, 0.15) is 28.9 Å². The molecule has 3 N–H and O–H groups in total. The maximum Gasteiger partial charge on any atom is 0.254 e. The number of carbonyl (C=O) groups is 1. The Morgan fingerprint density at radius 2 is 1.71 bits per heavy atom. The molecule has 2 rings (SSSR count). The summed E-state index contributed by atoms with van der Waals surface area (Å²) >= 11 is 0. The number of anilines is 1. The molecule has 0 aliphatic carbocycles. The maximum absolute atomic E-state index is 13.6. The van der Waals surface area contributed by atoms with Crippen LogP contribution in [0.25, 0.3) is 0 Å². The lowest BCUT2D eigenvalue weighted by Gasteiger charge is -2.15. The van der Waals surface area contributed by atoms with Crippen molar-refractivity contribution in [2.75, 3.05) is 5.73 Å². The van der Waals surface area contributed by atoms with Gasteiger partial charge in [-0.3, -0.25) is 4.79 Å². The highest BCUT2D eigenvalue weighted by Gasteiger charge is 2.17. The molecule has 3 nitrogen and oxygen atoms in total. The first kappa shape index (κ1) is 14.9. The summed E-state index contributed by atoms with van der Waals surface area (Å²) in [6, 6.07) is 6.57. The van der Waals surface area contributed by atoms with E-state index >= 15 is 0 Å². The summed E-state index contributed by atoms with van der Waals surface area (Å²) in [7, 11) is 0. The van der Waals surface area contributed by atoms with Crippen molar-refractivity contribution in [2.45, 2.75) is 13.0 Å². The average Bonchev–Trinajstić information content (AvgIpc) is 2.43. The number of hydrogen-bond acceptors (Lipinski definition) is 2. The molecule has 0 spiro atoms. The van der Waals surface area contributed by atoms with Gasteiger partial charge in [-0.15, -0.1) is 0 Å². The molecular formula is C15H13F3N2O. The fraction of sp³-hybridized carbons (Fsp3) is 0.133. The van der Waals surface area contributed by atoms with Crippen LogP contribution in [0.5, 0.6) is 0 Å². The minimum Gasteiger partial charge on any atom is -0.396 e. The van der Waals surface area contributed by atoms with Gasteiger partial charge in [0.2, 0.25) is 0 Å². The SMILES string of the molecule is CC(NC(=O)c1cc(N)c(F)cc1F)c1ccc(F)cc1. The normalized spacial score (nSPS) is 12.0. The van der Waals surface area contributed by atoms with Gasteiger partial charge < -0.3 is 11.1 Å². The van der Waals surface area contributed by atoms with Crippen molar-refractivity contribution in [1.29, 1.82) is 0 Å². The number of nitrogens with one attached hydrogen (secondary N) is 1. The highest BCUT2D eigenvalue weighted by Crippen LogP contribution is 2.18. The van der Waals surface area contributed by atoms with Gasteiger partial charge in [-0.05, 0) is 30.7 Å². The zero-order chi connectivity index (χ0) is 15.6. The monoisotopic (exact) mass is 294 g/mol. The summed E-state index contributed by atoms with van der Waals surface area (Å²) in [5, 5.41) is 2.54. The van der Waals surface area contributed by atoms with Crippen LogP contribution in [0.3, 0.4) is 0 Å². The zero-order valence-corrected chi connectivity index (χ0v) is 11.2. The predicted molar refractivity (Wildman–Crippen MR) is 73.1 cm³/mol. The van der Waals surface area contributed by atoms with Crippen molar-refractivity contribution in [3.8, 4) is 0 Å². The zero-order valence-electron chi connectivity index (χ0n) is 11.2. The lowest BCUT2D eigenvalue weighted by atomic mass is 10.1. The molecule has 6 heteroatoms. The first-order chi connectivity index (χ1) is 9.88. The van der Waals surface area contributed by atoms with E-state index in [9.17, 15) is 18.0 Å². The fourth-order valence-electron chi connectivity index (χ4n) is 1.85. The van der Waals surface area contributed by atoms with Crippen molar-refractivity contribution in [3.05, 3.63) is 65.0 Å². The Kier molecular flexibility index (Phi) is 4.16. The highest BCUT2D eigenvalue weighted by atomic mass is 19.1. The standard InChI is InChI=1S/C15H13F3N2O/c1-8(9-2-4-10(16)5-3-9)20-15(21)11-6-14(19)13(18)7-12(11)17/h2-8H,19H2,1H3,(H,20,21). The number of rotatable bonds is 3. The van der Waals surface area contributed by atoms with Crippen LogP contribution >= 0.6 is 0 Å². The van der Waals surface area contributed by atoms with Crippen molar-refractivity contribution >= 4 is 11.6 Å². The molecule has 0 aliphatic heterocycles. The quantitative estimate of drug-likeness (QED) is 0.854. The fourth-order valence-corrected chi connectivity index (χ4v) is 1.85. The van der Waals surface area contributed by atoms with Gasteiger partial charge in [0.25, 0.3) is 5.91 Å². The summed E-state index contributed by atoms with van der Waals surface area (Å²) in [4.78, 5) is 12.0. The van der Waals surface area contributed by atoms with Crippen LogP contribution in [-0.2, 0) is 0 Å². The van der Waals surface area contributed by atoms with E-state index in [1.807, 2.05) is 0 Å². The Morgan fingerprint density at radius 3 is 2.33 bits per heavy atom. The van der Waals surface area contributed by atoms with E-state index in [-0.39, 0.29) is 11.3 Å². The Morgan fingerprint density at radius 1 is 1.10 bits per heavy atom. The Balaban J connectivity index is 2.18. The summed E-state index contributed by atoms with van der Waals surface area (Å²) in [5.41, 5.74) is 5.32. The van der Waals surface area contributed by atoms with Crippen LogP contribution in [-0.4, -0.2) is 5.91 Å². The highest BCUT2D eigenvalue weighted by molar-refractivity contribution is 5.95. The number of nitrogen functional groups attached to an aromatic ring is 1. The van der Waals surface area contributed by atoms with Crippen molar-refractivity contribution in [3.63, 3.8) is 0 Å². The molecule has 2 aromatic carbocycles. The molecule has 0 aliphatic rings. The molecule has 110 valence electrons. The molecule has 21 heavy (non-hydrogen) atoms. The van der Waals surface area contributed by atoms with Crippen LogP contribution in [0.4, 0.5) is 18.9 Å². The van der Waals surface area contributed by atoms with Crippen LogP contribution in [0, 0.1) is 17.5 Å². The number of amides is 1. The third-order valence-electron chi connectivity index (χ3n) is 3.05. The van der Waals surface area contributed by atoms with Gasteiger partial charge >= 0.3 is 0 Å². The van der Waals surface area contributed by atoms with E-state index in [1.54, 1.807) is 6.92 Å². The van der Waals surface area contributed by atoms with Crippen LogP contribution in [0.15, 0.2) is 36.4 Å². The molecule has 1 atom stereocenters. The van der Waals surface area contributed by atoms with E-state index in [2.05, 4.69) is 5.32 Å². The topological polar surface area (TPSA) is 55.1 Å². The Labute approximate surface area is 119 Å². The van der Waals surface area contributed by atoms with Gasteiger partial charge in [-0.25, -0.2) is 13.2 Å². The van der Waals surface area contributed by atoms with E-state index in [0.717, 1.165) is 6.07 Å². The van der Waals surface area contributed by atoms with E-state index < -0.39 is 29.4 Å². The van der Waals surface area contributed by atoms with E-state index in [4.69, 9.17) is 5.73 Å². The van der Waals surface area contributed by atoms with Gasteiger partial charge in [0, 0.05) is 6.07 Å². The lowest BCUT2D eigenvalue weighted by molar-refractivity contribution is 0.0936. The minimum atomic E-state index is -0.995. The molecule has 0 bridgehead atoms. The number of benzene rings is 2. The first-order valence-electron chi connectivity index (χ1n) is 6.19. The third kappa shape index (κ3) is 3.34. The molecule has 0 saturated carbocycles. The molecule has 0 heterocycles. The molecule has 1 unspecified atom stereocenters. The third-order valence-corrected chi connectivity index (χ3v) is 3.05. The maximum atomic E-state index is 13.6. The molecule has 1 amide bonds. The molecule has 0 saturated heterocycles. The largest absolute Gasteiger partial charge is 0.396 e. The minimum absolute atomic E-state index is 0.309. The lowest BCUT2D eigenvalue weighted by Crippen LogP contribution is -2.27. The van der Waals surface area contributed by atoms with Crippen molar-refractivity contribution in [1.82, 2.24) is 5.32 Å². The van der Waals surface area contributed by atoms with Crippen LogP contribution in [0.2, 0.25) is 0 Å². The predicted octanol–water partition coefficient (Wildman–Crippen LogP) is 3.18. The summed E-state index contributed by atoms with van der Waals surface area (Å²) in [6.45, 7) is 1.66. The van der Waals surface area contributed by atoms with Crippen molar-refractivity contribution < 1.29 is 18.0 Å². The van der Waals surface area contributed by atoms with E-state index in [0.29, 0.717) is 11.6 Å². The molecular weight excluding hydrogens is 281 g/mol. The summed E-state index contributed by atoms with van der Waals surface area (Å²) in [5.74, 6) is -3.04. The average molecular weight is 294 g/mol. The summed E-state index contributed by atoms with van der Waals surface area (Å²) < 4.78 is 39.5. The summed E-state index contributed by atoms with van der Waals surface area (Å²) in [6.07, 6.45) is 0. The van der Waals surface area contributed by atoms with Gasteiger partial charge in [0.1, 0.15) is 17.5 Å². The van der Waals surface area contributed by atoms with Crippen molar-refractivity contribution in [2.24, 2.45) is 0 Å². The second-order valence-electron chi connectivity index (χ2n) is 4.60. The van der Waals surface area contributed by atoms with Crippen LogP contribution < -0.4 is 11.1 Å². The molecule has 0 aromatic heterocycles. The van der Waals surface area contributed by atoms with Gasteiger partial charge in [-0.2, -0.15) is 0 Å². The second-order valence-corrected chi connectivity index (χ2v) is 4.60. The van der Waals surface area contributed by atoms with Gasteiger partial charge in [0.05, 0.1) is 17.3 Å². The Bertz CT molecular complexity index is 671. The van der Waals surface area contributed by atoms with Gasteiger partial charge in [-0.1, -0.05) is 12.1 Å². The Hall–Kier alpha value is -2.50. The molecule has 0 fully saturated rings. The number of halogens is 3. The van der Waals surface area contributed by atoms with Gasteiger partial charge in [0.15, 0.2) is 0 Å².